The first-order chi connectivity index (χ1) is 9.47. The van der Waals surface area contributed by atoms with Crippen LogP contribution in [0.3, 0.4) is 0 Å². The Hall–Kier alpha value is -0.680. The van der Waals surface area contributed by atoms with E-state index in [-0.39, 0.29) is 5.41 Å². The van der Waals surface area contributed by atoms with E-state index in [2.05, 4.69) is 47.3 Å². The Morgan fingerprint density at radius 2 is 2.15 bits per heavy atom. The van der Waals surface area contributed by atoms with Crippen LogP contribution in [0.15, 0.2) is 0 Å². The highest BCUT2D eigenvalue weighted by molar-refractivity contribution is 7.09. The summed E-state index contributed by atoms with van der Waals surface area (Å²) in [5.41, 5.74) is 0.0413. The van der Waals surface area contributed by atoms with E-state index in [1.54, 1.807) is 0 Å². The molecule has 1 aromatic rings. The number of hydrogen-bond donors (Lipinski definition) is 1. The summed E-state index contributed by atoms with van der Waals surface area (Å²) in [5, 5.41) is 4.37. The topological polar surface area (TPSA) is 41.0 Å². The number of likely N-dealkylation sites (tertiary alicyclic amines) is 1. The summed E-state index contributed by atoms with van der Waals surface area (Å²) in [6.45, 7) is 12.3. The number of piperidine rings is 1. The third kappa shape index (κ3) is 4.42. The van der Waals surface area contributed by atoms with Gasteiger partial charge in [0.05, 0.1) is 0 Å². The molecule has 1 aliphatic rings. The Morgan fingerprint density at radius 1 is 1.35 bits per heavy atom. The predicted molar refractivity (Wildman–Crippen MR) is 86.6 cm³/mol. The average molecular weight is 296 g/mol. The molecule has 20 heavy (non-hydrogen) atoms. The van der Waals surface area contributed by atoms with Gasteiger partial charge in [0.25, 0.3) is 0 Å². The van der Waals surface area contributed by atoms with E-state index in [0.717, 1.165) is 23.5 Å². The van der Waals surface area contributed by atoms with Gasteiger partial charge < -0.3 is 10.2 Å². The van der Waals surface area contributed by atoms with Crippen molar-refractivity contribution in [2.75, 3.05) is 25.0 Å². The van der Waals surface area contributed by atoms with E-state index in [4.69, 9.17) is 0 Å². The lowest BCUT2D eigenvalue weighted by Gasteiger charge is -2.33. The van der Waals surface area contributed by atoms with Crippen LogP contribution in [-0.4, -0.2) is 39.9 Å². The van der Waals surface area contributed by atoms with Crippen molar-refractivity contribution in [2.45, 2.75) is 64.8 Å². The second-order valence-electron chi connectivity index (χ2n) is 6.83. The first kappa shape index (κ1) is 15.7. The maximum Gasteiger partial charge on any atom is 0.202 e. The molecule has 1 saturated heterocycles. The Bertz CT molecular complexity index is 410. The van der Waals surface area contributed by atoms with Gasteiger partial charge in [-0.1, -0.05) is 27.2 Å². The zero-order valence-electron chi connectivity index (χ0n) is 13.3. The van der Waals surface area contributed by atoms with Crippen LogP contribution in [0, 0.1) is 0 Å². The Morgan fingerprint density at radius 3 is 2.80 bits per heavy atom. The molecule has 1 aromatic heterocycles. The second-order valence-corrected chi connectivity index (χ2v) is 7.59. The molecule has 1 atom stereocenters. The van der Waals surface area contributed by atoms with Crippen molar-refractivity contribution in [3.8, 4) is 0 Å². The van der Waals surface area contributed by atoms with Crippen LogP contribution in [-0.2, 0) is 5.41 Å². The van der Waals surface area contributed by atoms with Crippen molar-refractivity contribution in [1.29, 1.82) is 0 Å². The Labute approximate surface area is 127 Å². The number of anilines is 1. The smallest absolute Gasteiger partial charge is 0.202 e. The van der Waals surface area contributed by atoms with Crippen LogP contribution < -0.4 is 5.32 Å². The van der Waals surface area contributed by atoms with Crippen LogP contribution in [0.4, 0.5) is 5.13 Å². The third-order valence-corrected chi connectivity index (χ3v) is 4.61. The lowest BCUT2D eigenvalue weighted by Crippen LogP contribution is -2.38. The van der Waals surface area contributed by atoms with Gasteiger partial charge >= 0.3 is 0 Å². The third-order valence-electron chi connectivity index (χ3n) is 3.94. The van der Waals surface area contributed by atoms with Crippen molar-refractivity contribution in [3.05, 3.63) is 5.82 Å². The van der Waals surface area contributed by atoms with Crippen molar-refractivity contribution in [1.82, 2.24) is 14.3 Å². The van der Waals surface area contributed by atoms with Crippen LogP contribution in [0.1, 0.15) is 59.2 Å². The van der Waals surface area contributed by atoms with E-state index in [9.17, 15) is 0 Å². The molecule has 0 radical (unpaired) electrons. The molecule has 114 valence electrons. The summed E-state index contributed by atoms with van der Waals surface area (Å²) in [7, 11) is 0. The minimum atomic E-state index is 0.0413. The van der Waals surface area contributed by atoms with Crippen molar-refractivity contribution in [3.63, 3.8) is 0 Å². The van der Waals surface area contributed by atoms with Gasteiger partial charge in [0, 0.05) is 36.1 Å². The molecule has 1 fully saturated rings. The number of hydrogen-bond acceptors (Lipinski definition) is 5. The molecule has 0 spiro atoms. The molecule has 0 aliphatic carbocycles. The molecule has 0 bridgehead atoms. The van der Waals surface area contributed by atoms with Gasteiger partial charge in [-0.15, -0.1) is 0 Å². The van der Waals surface area contributed by atoms with Crippen LogP contribution >= 0.6 is 11.5 Å². The molecule has 0 aromatic carbocycles. The van der Waals surface area contributed by atoms with Gasteiger partial charge in [-0.05, 0) is 32.7 Å². The fourth-order valence-electron chi connectivity index (χ4n) is 2.57. The molecular formula is C15H28N4S. The van der Waals surface area contributed by atoms with E-state index >= 15 is 0 Å². The van der Waals surface area contributed by atoms with E-state index < -0.39 is 0 Å². The van der Waals surface area contributed by atoms with Crippen molar-refractivity contribution < 1.29 is 0 Å². The Kier molecular flexibility index (Phi) is 5.38. The van der Waals surface area contributed by atoms with Gasteiger partial charge in [0.15, 0.2) is 0 Å². The maximum absolute atomic E-state index is 4.56. The number of nitrogens with zero attached hydrogens (tertiary/aromatic N) is 3. The summed E-state index contributed by atoms with van der Waals surface area (Å²) in [4.78, 5) is 7.18. The summed E-state index contributed by atoms with van der Waals surface area (Å²) in [5.74, 6) is 0.939. The quantitative estimate of drug-likeness (QED) is 0.844. The van der Waals surface area contributed by atoms with Crippen LogP contribution in [0.25, 0.3) is 0 Å². The first-order valence-corrected chi connectivity index (χ1v) is 8.56. The molecule has 2 heterocycles. The molecule has 0 saturated carbocycles. The molecule has 1 aliphatic heterocycles. The standard InChI is InChI=1S/C15H28N4S/c1-12-8-5-6-10-19(12)11-7-9-16-14-17-13(18-20-14)15(2,3)4/h12H,5-11H2,1-4H3,(H,16,17,18). The van der Waals surface area contributed by atoms with Gasteiger partial charge in [-0.3, -0.25) is 0 Å². The van der Waals surface area contributed by atoms with Crippen molar-refractivity contribution >= 4 is 16.7 Å². The average Bonchev–Trinajstić information content (AvgIpc) is 2.85. The highest BCUT2D eigenvalue weighted by atomic mass is 32.1. The Balaban J connectivity index is 1.69. The lowest BCUT2D eigenvalue weighted by molar-refractivity contribution is 0.160. The molecular weight excluding hydrogens is 268 g/mol. The molecule has 4 nitrogen and oxygen atoms in total. The van der Waals surface area contributed by atoms with Crippen LogP contribution in [0.2, 0.25) is 0 Å². The summed E-state index contributed by atoms with van der Waals surface area (Å²) in [6, 6.07) is 0.762. The highest BCUT2D eigenvalue weighted by Crippen LogP contribution is 2.23. The maximum atomic E-state index is 4.56. The van der Waals surface area contributed by atoms with E-state index in [1.807, 2.05) is 0 Å². The molecule has 1 unspecified atom stereocenters. The molecule has 2 rings (SSSR count). The summed E-state index contributed by atoms with van der Waals surface area (Å²) >= 11 is 1.48. The first-order valence-electron chi connectivity index (χ1n) is 7.79. The largest absolute Gasteiger partial charge is 0.360 e. The highest BCUT2D eigenvalue weighted by Gasteiger charge is 2.20. The van der Waals surface area contributed by atoms with E-state index in [1.165, 1.54) is 50.3 Å². The van der Waals surface area contributed by atoms with Crippen molar-refractivity contribution in [2.24, 2.45) is 0 Å². The molecule has 5 heteroatoms. The monoisotopic (exact) mass is 296 g/mol. The minimum absolute atomic E-state index is 0.0413. The zero-order valence-corrected chi connectivity index (χ0v) is 14.1. The SMILES string of the molecule is CC1CCCCN1CCCNc1nc(C(C)(C)C)ns1. The fourth-order valence-corrected chi connectivity index (χ4v) is 3.35. The zero-order chi connectivity index (χ0) is 14.6. The number of aromatic nitrogens is 2. The van der Waals surface area contributed by atoms with Gasteiger partial charge in [0.1, 0.15) is 5.82 Å². The van der Waals surface area contributed by atoms with Crippen LogP contribution in [0.5, 0.6) is 0 Å². The number of nitrogens with one attached hydrogen (secondary N) is 1. The molecule has 1 N–H and O–H groups in total. The van der Waals surface area contributed by atoms with Gasteiger partial charge in [-0.25, -0.2) is 4.98 Å². The summed E-state index contributed by atoms with van der Waals surface area (Å²) in [6.07, 6.45) is 5.30. The van der Waals surface area contributed by atoms with E-state index in [0.29, 0.717) is 0 Å². The van der Waals surface area contributed by atoms with Gasteiger partial charge in [0.2, 0.25) is 5.13 Å². The predicted octanol–water partition coefficient (Wildman–Crippen LogP) is 3.51. The second kappa shape index (κ2) is 6.85. The molecule has 0 amide bonds. The summed E-state index contributed by atoms with van der Waals surface area (Å²) < 4.78 is 4.43. The fraction of sp³-hybridized carbons (Fsp3) is 0.867. The minimum Gasteiger partial charge on any atom is -0.360 e. The van der Waals surface area contributed by atoms with Gasteiger partial charge in [-0.2, -0.15) is 4.37 Å². The lowest BCUT2D eigenvalue weighted by atomic mass is 9.96. The normalized spacial score (nSPS) is 21.1. The number of rotatable bonds is 5.